The summed E-state index contributed by atoms with van der Waals surface area (Å²) in [4.78, 5) is 22.4. The van der Waals surface area contributed by atoms with Gasteiger partial charge in [0, 0.05) is 12.6 Å². The molecule has 16 heavy (non-hydrogen) atoms. The van der Waals surface area contributed by atoms with Gasteiger partial charge < -0.3 is 15.2 Å². The van der Waals surface area contributed by atoms with Gasteiger partial charge in [0.05, 0.1) is 5.92 Å². The molecule has 0 bridgehead atoms. The summed E-state index contributed by atoms with van der Waals surface area (Å²) in [6, 6.07) is 0.0119. The highest BCUT2D eigenvalue weighted by atomic mass is 16.5. The lowest BCUT2D eigenvalue weighted by atomic mass is 10.1. The topological polar surface area (TPSA) is 75.6 Å². The van der Waals surface area contributed by atoms with E-state index in [2.05, 4.69) is 5.32 Å². The van der Waals surface area contributed by atoms with Gasteiger partial charge >= 0.3 is 5.97 Å². The SMILES string of the molecule is O=C(O)[C@@H]1CC[C@H](NC(=O)[C@@H]2CCCO2)C1. The second-order valence-corrected chi connectivity index (χ2v) is 4.56. The van der Waals surface area contributed by atoms with Crippen LogP contribution in [0, 0.1) is 5.92 Å². The van der Waals surface area contributed by atoms with E-state index < -0.39 is 5.97 Å². The molecule has 5 heteroatoms. The maximum absolute atomic E-state index is 11.7. The van der Waals surface area contributed by atoms with Gasteiger partial charge in [0.25, 0.3) is 0 Å². The van der Waals surface area contributed by atoms with Gasteiger partial charge in [0.15, 0.2) is 0 Å². The average molecular weight is 227 g/mol. The second-order valence-electron chi connectivity index (χ2n) is 4.56. The Morgan fingerprint density at radius 1 is 1.25 bits per heavy atom. The van der Waals surface area contributed by atoms with Gasteiger partial charge in [0.2, 0.25) is 5.91 Å². The molecule has 1 saturated carbocycles. The predicted octanol–water partition coefficient (Wildman–Crippen LogP) is 0.535. The Bertz CT molecular complexity index is 286. The number of carbonyl (C=O) groups is 2. The molecule has 2 N–H and O–H groups in total. The van der Waals surface area contributed by atoms with Crippen LogP contribution in [-0.2, 0) is 14.3 Å². The molecule has 2 fully saturated rings. The molecule has 1 saturated heterocycles. The lowest BCUT2D eigenvalue weighted by Gasteiger charge is -2.15. The van der Waals surface area contributed by atoms with Crippen molar-refractivity contribution in [1.29, 1.82) is 0 Å². The highest BCUT2D eigenvalue weighted by molar-refractivity contribution is 5.81. The van der Waals surface area contributed by atoms with E-state index in [1.54, 1.807) is 0 Å². The molecule has 0 aromatic rings. The third-order valence-corrected chi connectivity index (χ3v) is 3.35. The Morgan fingerprint density at radius 2 is 2.06 bits per heavy atom. The minimum Gasteiger partial charge on any atom is -0.481 e. The van der Waals surface area contributed by atoms with E-state index in [-0.39, 0.29) is 24.0 Å². The molecule has 2 rings (SSSR count). The van der Waals surface area contributed by atoms with E-state index in [1.807, 2.05) is 0 Å². The fourth-order valence-electron chi connectivity index (χ4n) is 2.42. The van der Waals surface area contributed by atoms with E-state index >= 15 is 0 Å². The molecule has 1 aliphatic carbocycles. The third kappa shape index (κ3) is 2.52. The summed E-state index contributed by atoms with van der Waals surface area (Å²) in [6.45, 7) is 0.653. The van der Waals surface area contributed by atoms with Crippen molar-refractivity contribution in [1.82, 2.24) is 5.32 Å². The third-order valence-electron chi connectivity index (χ3n) is 3.35. The number of hydrogen-bond donors (Lipinski definition) is 2. The molecule has 5 nitrogen and oxygen atoms in total. The van der Waals surface area contributed by atoms with E-state index in [1.165, 1.54) is 0 Å². The largest absolute Gasteiger partial charge is 0.481 e. The van der Waals surface area contributed by atoms with Gasteiger partial charge in [-0.1, -0.05) is 0 Å². The van der Waals surface area contributed by atoms with Crippen LogP contribution in [0.15, 0.2) is 0 Å². The summed E-state index contributed by atoms with van der Waals surface area (Å²) >= 11 is 0. The number of carbonyl (C=O) groups excluding carboxylic acids is 1. The number of carboxylic acid groups (broad SMARTS) is 1. The van der Waals surface area contributed by atoms with Crippen LogP contribution in [0.4, 0.5) is 0 Å². The molecule has 1 aliphatic heterocycles. The molecule has 1 amide bonds. The zero-order valence-electron chi connectivity index (χ0n) is 9.15. The first-order valence-electron chi connectivity index (χ1n) is 5.81. The molecule has 0 unspecified atom stereocenters. The number of nitrogens with one attached hydrogen (secondary N) is 1. The molecule has 0 spiro atoms. The first kappa shape index (κ1) is 11.4. The quantitative estimate of drug-likeness (QED) is 0.737. The van der Waals surface area contributed by atoms with Crippen LogP contribution in [0.3, 0.4) is 0 Å². The van der Waals surface area contributed by atoms with Crippen molar-refractivity contribution in [2.75, 3.05) is 6.61 Å². The van der Waals surface area contributed by atoms with Crippen LogP contribution in [0.25, 0.3) is 0 Å². The van der Waals surface area contributed by atoms with Crippen LogP contribution in [0.2, 0.25) is 0 Å². The molecule has 2 aliphatic rings. The molecule has 0 aromatic carbocycles. The lowest BCUT2D eigenvalue weighted by Crippen LogP contribution is -2.40. The first-order chi connectivity index (χ1) is 7.66. The normalized spacial score (nSPS) is 33.9. The van der Waals surface area contributed by atoms with E-state index in [0.29, 0.717) is 19.4 Å². The second kappa shape index (κ2) is 4.82. The molecular formula is C11H17NO4. The lowest BCUT2D eigenvalue weighted by molar-refractivity contribution is -0.141. The first-order valence-corrected chi connectivity index (χ1v) is 5.81. The zero-order chi connectivity index (χ0) is 11.5. The summed E-state index contributed by atoms with van der Waals surface area (Å²) in [5.74, 6) is -1.13. The average Bonchev–Trinajstić information content (AvgIpc) is 2.87. The number of ether oxygens (including phenoxy) is 1. The van der Waals surface area contributed by atoms with Crippen LogP contribution in [-0.4, -0.2) is 35.7 Å². The number of carboxylic acids is 1. The Morgan fingerprint density at radius 3 is 2.62 bits per heavy atom. The number of rotatable bonds is 3. The van der Waals surface area contributed by atoms with Crippen molar-refractivity contribution in [3.05, 3.63) is 0 Å². The van der Waals surface area contributed by atoms with Gasteiger partial charge in [-0.3, -0.25) is 9.59 Å². The van der Waals surface area contributed by atoms with Gasteiger partial charge in [-0.2, -0.15) is 0 Å². The minimum absolute atomic E-state index is 0.0119. The summed E-state index contributed by atoms with van der Waals surface area (Å²) in [7, 11) is 0. The Balaban J connectivity index is 1.78. The molecule has 0 radical (unpaired) electrons. The van der Waals surface area contributed by atoms with Gasteiger partial charge in [0.1, 0.15) is 6.10 Å². The molecule has 1 heterocycles. The van der Waals surface area contributed by atoms with Gasteiger partial charge in [-0.15, -0.1) is 0 Å². The monoisotopic (exact) mass is 227 g/mol. The van der Waals surface area contributed by atoms with E-state index in [9.17, 15) is 9.59 Å². The number of hydrogen-bond acceptors (Lipinski definition) is 3. The minimum atomic E-state index is -0.756. The maximum Gasteiger partial charge on any atom is 0.306 e. The molecular weight excluding hydrogens is 210 g/mol. The standard InChI is InChI=1S/C11H17NO4/c13-10(9-2-1-5-16-9)12-8-4-3-7(6-8)11(14)15/h7-9H,1-6H2,(H,12,13)(H,14,15)/t7-,8+,9+/m1/s1. The smallest absolute Gasteiger partial charge is 0.306 e. The van der Waals surface area contributed by atoms with Crippen molar-refractivity contribution in [3.63, 3.8) is 0 Å². The van der Waals surface area contributed by atoms with Crippen LogP contribution < -0.4 is 5.32 Å². The number of amides is 1. The van der Waals surface area contributed by atoms with Crippen LogP contribution in [0.1, 0.15) is 32.1 Å². The fourth-order valence-corrected chi connectivity index (χ4v) is 2.42. The highest BCUT2D eigenvalue weighted by Crippen LogP contribution is 2.26. The van der Waals surface area contributed by atoms with Gasteiger partial charge in [-0.05, 0) is 32.1 Å². The van der Waals surface area contributed by atoms with Crippen LogP contribution in [0.5, 0.6) is 0 Å². The van der Waals surface area contributed by atoms with E-state index in [0.717, 1.165) is 19.3 Å². The van der Waals surface area contributed by atoms with Crippen molar-refractivity contribution in [3.8, 4) is 0 Å². The van der Waals surface area contributed by atoms with E-state index in [4.69, 9.17) is 9.84 Å². The van der Waals surface area contributed by atoms with Crippen molar-refractivity contribution in [2.45, 2.75) is 44.2 Å². The zero-order valence-corrected chi connectivity index (χ0v) is 9.15. The molecule has 90 valence electrons. The maximum atomic E-state index is 11.7. The van der Waals surface area contributed by atoms with Crippen molar-refractivity contribution >= 4 is 11.9 Å². The summed E-state index contributed by atoms with van der Waals surface area (Å²) in [5.41, 5.74) is 0. The van der Waals surface area contributed by atoms with Crippen LogP contribution >= 0.6 is 0 Å². The van der Waals surface area contributed by atoms with Crippen molar-refractivity contribution < 1.29 is 19.4 Å². The summed E-state index contributed by atoms with van der Waals surface area (Å²) < 4.78 is 5.27. The summed E-state index contributed by atoms with van der Waals surface area (Å²) in [5, 5.41) is 11.7. The Kier molecular flexibility index (Phi) is 3.43. The Labute approximate surface area is 94.2 Å². The highest BCUT2D eigenvalue weighted by Gasteiger charge is 2.32. The molecule has 0 aromatic heterocycles. The Hall–Kier alpha value is -1.10. The number of aliphatic carboxylic acids is 1. The predicted molar refractivity (Wildman–Crippen MR) is 55.9 cm³/mol. The molecule has 3 atom stereocenters. The fraction of sp³-hybridized carbons (Fsp3) is 0.818. The van der Waals surface area contributed by atoms with Gasteiger partial charge in [-0.25, -0.2) is 0 Å². The van der Waals surface area contributed by atoms with Crippen molar-refractivity contribution in [2.24, 2.45) is 5.92 Å². The summed E-state index contributed by atoms with van der Waals surface area (Å²) in [6.07, 6.45) is 3.36.